The van der Waals surface area contributed by atoms with Crippen molar-refractivity contribution in [2.75, 3.05) is 0 Å². The van der Waals surface area contributed by atoms with Gasteiger partial charge in [-0.1, -0.05) is 28.1 Å². The molecule has 0 radical (unpaired) electrons. The molecular formula is C16H15BrF2O. The molecule has 0 aliphatic carbocycles. The van der Waals surface area contributed by atoms with Gasteiger partial charge in [-0.25, -0.2) is 8.78 Å². The lowest BCUT2D eigenvalue weighted by atomic mass is 9.95. The number of aliphatic hydroxyl groups is 1. The maximum Gasteiger partial charge on any atom is 0.129 e. The molecule has 1 atom stereocenters. The topological polar surface area (TPSA) is 20.2 Å². The van der Waals surface area contributed by atoms with E-state index in [4.69, 9.17) is 0 Å². The number of hydrogen-bond donors (Lipinski definition) is 1. The van der Waals surface area contributed by atoms with Crippen molar-refractivity contribution in [1.82, 2.24) is 0 Å². The van der Waals surface area contributed by atoms with E-state index in [0.29, 0.717) is 5.56 Å². The van der Waals surface area contributed by atoms with Gasteiger partial charge in [0.05, 0.1) is 6.10 Å². The predicted molar refractivity (Wildman–Crippen MR) is 78.6 cm³/mol. The van der Waals surface area contributed by atoms with E-state index in [0.717, 1.165) is 15.6 Å². The highest BCUT2D eigenvalue weighted by Crippen LogP contribution is 2.28. The van der Waals surface area contributed by atoms with Crippen LogP contribution in [0.25, 0.3) is 0 Å². The van der Waals surface area contributed by atoms with Crippen LogP contribution in [0.3, 0.4) is 0 Å². The average Bonchev–Trinajstić information content (AvgIpc) is 2.38. The molecule has 0 aromatic heterocycles. The van der Waals surface area contributed by atoms with Crippen molar-refractivity contribution in [3.8, 4) is 0 Å². The highest BCUT2D eigenvalue weighted by atomic mass is 79.9. The molecule has 2 rings (SSSR count). The van der Waals surface area contributed by atoms with Crippen LogP contribution in [-0.2, 0) is 6.42 Å². The Hall–Kier alpha value is -1.26. The van der Waals surface area contributed by atoms with Crippen molar-refractivity contribution in [3.63, 3.8) is 0 Å². The summed E-state index contributed by atoms with van der Waals surface area (Å²) in [5, 5.41) is 10.3. The summed E-state index contributed by atoms with van der Waals surface area (Å²) in [5.74, 6) is -1.26. The van der Waals surface area contributed by atoms with Crippen LogP contribution in [0, 0.1) is 25.5 Å². The zero-order valence-corrected chi connectivity index (χ0v) is 12.8. The molecule has 2 aromatic rings. The fourth-order valence-corrected chi connectivity index (χ4v) is 2.65. The minimum Gasteiger partial charge on any atom is -0.388 e. The lowest BCUT2D eigenvalue weighted by Crippen LogP contribution is -2.07. The van der Waals surface area contributed by atoms with Crippen LogP contribution in [0.5, 0.6) is 0 Å². The van der Waals surface area contributed by atoms with Gasteiger partial charge in [0.25, 0.3) is 0 Å². The molecule has 0 fully saturated rings. The predicted octanol–water partition coefficient (Wildman–Crippen LogP) is 4.62. The van der Waals surface area contributed by atoms with Gasteiger partial charge in [0.1, 0.15) is 11.6 Å². The molecule has 0 spiro atoms. The van der Waals surface area contributed by atoms with Crippen molar-refractivity contribution in [2.24, 2.45) is 0 Å². The van der Waals surface area contributed by atoms with Crippen molar-refractivity contribution in [3.05, 3.63) is 68.7 Å². The van der Waals surface area contributed by atoms with E-state index in [-0.39, 0.29) is 12.0 Å². The maximum atomic E-state index is 13.6. The van der Waals surface area contributed by atoms with Gasteiger partial charge in [-0.2, -0.15) is 0 Å². The molecule has 0 aliphatic heterocycles. The smallest absolute Gasteiger partial charge is 0.129 e. The van der Waals surface area contributed by atoms with Crippen LogP contribution >= 0.6 is 15.9 Å². The summed E-state index contributed by atoms with van der Waals surface area (Å²) >= 11 is 3.42. The number of aryl methyl sites for hydroxylation is 2. The molecule has 1 nitrogen and oxygen atoms in total. The fraction of sp³-hybridized carbons (Fsp3) is 0.250. The number of halogens is 3. The number of aliphatic hydroxyl groups excluding tert-OH is 1. The first-order chi connectivity index (χ1) is 9.40. The molecule has 0 bridgehead atoms. The minimum absolute atomic E-state index is 0.0829. The van der Waals surface area contributed by atoms with Crippen molar-refractivity contribution < 1.29 is 13.9 Å². The van der Waals surface area contributed by atoms with Gasteiger partial charge in [-0.15, -0.1) is 0 Å². The Balaban J connectivity index is 2.33. The molecule has 106 valence electrons. The van der Waals surface area contributed by atoms with E-state index < -0.39 is 17.7 Å². The van der Waals surface area contributed by atoms with Crippen molar-refractivity contribution in [2.45, 2.75) is 26.4 Å². The Morgan fingerprint density at radius 3 is 2.30 bits per heavy atom. The zero-order chi connectivity index (χ0) is 14.9. The van der Waals surface area contributed by atoms with Crippen LogP contribution in [0.2, 0.25) is 0 Å². The minimum atomic E-state index is -0.937. The van der Waals surface area contributed by atoms with E-state index in [2.05, 4.69) is 15.9 Å². The highest BCUT2D eigenvalue weighted by Gasteiger charge is 2.17. The van der Waals surface area contributed by atoms with E-state index in [1.807, 2.05) is 26.0 Å². The first-order valence-electron chi connectivity index (χ1n) is 6.27. The van der Waals surface area contributed by atoms with Crippen LogP contribution in [0.1, 0.15) is 28.4 Å². The SMILES string of the molecule is Cc1cc(C(O)Cc2c(F)cccc2F)c(C)cc1Br. The van der Waals surface area contributed by atoms with Gasteiger partial charge < -0.3 is 5.11 Å². The molecule has 20 heavy (non-hydrogen) atoms. The van der Waals surface area contributed by atoms with Gasteiger partial charge in [-0.3, -0.25) is 0 Å². The molecule has 1 unspecified atom stereocenters. The lowest BCUT2D eigenvalue weighted by molar-refractivity contribution is 0.175. The van der Waals surface area contributed by atoms with E-state index in [1.54, 1.807) is 0 Å². The summed E-state index contributed by atoms with van der Waals surface area (Å²) < 4.78 is 28.2. The second-order valence-electron chi connectivity index (χ2n) is 4.88. The third kappa shape index (κ3) is 3.07. The van der Waals surface area contributed by atoms with E-state index in [9.17, 15) is 13.9 Å². The summed E-state index contributed by atoms with van der Waals surface area (Å²) in [5.41, 5.74) is 2.46. The summed E-state index contributed by atoms with van der Waals surface area (Å²) in [7, 11) is 0. The largest absolute Gasteiger partial charge is 0.388 e. The highest BCUT2D eigenvalue weighted by molar-refractivity contribution is 9.10. The van der Waals surface area contributed by atoms with Gasteiger partial charge in [0.15, 0.2) is 0 Å². The third-order valence-electron chi connectivity index (χ3n) is 3.37. The number of benzene rings is 2. The average molecular weight is 341 g/mol. The molecule has 2 aromatic carbocycles. The summed E-state index contributed by atoms with van der Waals surface area (Å²) in [4.78, 5) is 0. The van der Waals surface area contributed by atoms with E-state index in [1.165, 1.54) is 18.2 Å². The molecular weight excluding hydrogens is 326 g/mol. The monoisotopic (exact) mass is 340 g/mol. The van der Waals surface area contributed by atoms with Crippen molar-refractivity contribution in [1.29, 1.82) is 0 Å². The lowest BCUT2D eigenvalue weighted by Gasteiger charge is -2.16. The molecule has 1 N–H and O–H groups in total. The fourth-order valence-electron chi connectivity index (χ4n) is 2.19. The second kappa shape index (κ2) is 6.02. The normalized spacial score (nSPS) is 12.5. The number of rotatable bonds is 3. The van der Waals surface area contributed by atoms with Crippen LogP contribution in [-0.4, -0.2) is 5.11 Å². The molecule has 0 amide bonds. The molecule has 0 heterocycles. The molecule has 0 aliphatic rings. The molecule has 0 saturated heterocycles. The quantitative estimate of drug-likeness (QED) is 0.864. The van der Waals surface area contributed by atoms with Crippen molar-refractivity contribution >= 4 is 15.9 Å². The Bertz CT molecular complexity index is 620. The summed E-state index contributed by atoms with van der Waals surface area (Å²) in [6.07, 6.45) is -1.02. The van der Waals surface area contributed by atoms with Gasteiger partial charge in [0, 0.05) is 16.5 Å². The third-order valence-corrected chi connectivity index (χ3v) is 4.22. The maximum absolute atomic E-state index is 13.6. The zero-order valence-electron chi connectivity index (χ0n) is 11.3. The Kier molecular flexibility index (Phi) is 4.55. The summed E-state index contributed by atoms with van der Waals surface area (Å²) in [6, 6.07) is 7.44. The van der Waals surface area contributed by atoms with Gasteiger partial charge in [-0.05, 0) is 48.7 Å². The summed E-state index contributed by atoms with van der Waals surface area (Å²) in [6.45, 7) is 3.77. The van der Waals surface area contributed by atoms with Crippen LogP contribution in [0.15, 0.2) is 34.8 Å². The van der Waals surface area contributed by atoms with Gasteiger partial charge >= 0.3 is 0 Å². The Morgan fingerprint density at radius 2 is 1.70 bits per heavy atom. The van der Waals surface area contributed by atoms with E-state index >= 15 is 0 Å². The molecule has 4 heteroatoms. The van der Waals surface area contributed by atoms with Crippen LogP contribution < -0.4 is 0 Å². The standard InChI is InChI=1S/C16H15BrF2O/c1-9-7-13(17)10(2)6-11(9)16(20)8-12-14(18)4-3-5-15(12)19/h3-7,16,20H,8H2,1-2H3. The second-order valence-corrected chi connectivity index (χ2v) is 5.73. The Morgan fingerprint density at radius 1 is 1.10 bits per heavy atom. The number of hydrogen-bond acceptors (Lipinski definition) is 1. The van der Waals surface area contributed by atoms with Crippen LogP contribution in [0.4, 0.5) is 8.78 Å². The van der Waals surface area contributed by atoms with Gasteiger partial charge in [0.2, 0.25) is 0 Å². The first-order valence-corrected chi connectivity index (χ1v) is 7.07. The Labute approximate surface area is 125 Å². The molecule has 0 saturated carbocycles. The first kappa shape index (κ1) is 15.1.